The highest BCUT2D eigenvalue weighted by atomic mass is 16.6. The minimum Gasteiger partial charge on any atom is -0.469 e. The summed E-state index contributed by atoms with van der Waals surface area (Å²) in [6, 6.07) is 4.61. The van der Waals surface area contributed by atoms with E-state index < -0.39 is 17.7 Å². The van der Waals surface area contributed by atoms with Crippen LogP contribution in [0.15, 0.2) is 35.1 Å². The predicted octanol–water partition coefficient (Wildman–Crippen LogP) is 1.80. The van der Waals surface area contributed by atoms with Crippen LogP contribution in [0.2, 0.25) is 0 Å². The van der Waals surface area contributed by atoms with Crippen LogP contribution in [0.3, 0.4) is 0 Å². The number of amides is 2. The van der Waals surface area contributed by atoms with Crippen LogP contribution in [-0.4, -0.2) is 40.4 Å². The Labute approximate surface area is 146 Å². The van der Waals surface area contributed by atoms with Gasteiger partial charge < -0.3 is 19.8 Å². The normalized spacial score (nSPS) is 12.4. The highest BCUT2D eigenvalue weighted by Crippen LogP contribution is 2.08. The lowest BCUT2D eigenvalue weighted by molar-refractivity contribution is -0.123. The van der Waals surface area contributed by atoms with E-state index in [1.54, 1.807) is 45.4 Å². The van der Waals surface area contributed by atoms with Crippen molar-refractivity contribution in [2.24, 2.45) is 0 Å². The fraction of sp³-hybridized carbons (Fsp3) is 0.471. The monoisotopic (exact) mass is 348 g/mol. The van der Waals surface area contributed by atoms with Gasteiger partial charge in [0.25, 0.3) is 0 Å². The second-order valence-corrected chi connectivity index (χ2v) is 6.61. The molecular formula is C17H24N4O4. The van der Waals surface area contributed by atoms with Crippen molar-refractivity contribution in [2.45, 2.75) is 45.3 Å². The molecule has 0 bridgehead atoms. The van der Waals surface area contributed by atoms with Gasteiger partial charge in [-0.25, -0.2) is 4.79 Å². The number of H-pyrrole nitrogens is 1. The fourth-order valence-electron chi connectivity index (χ4n) is 2.16. The van der Waals surface area contributed by atoms with Crippen LogP contribution in [0.4, 0.5) is 4.79 Å². The first kappa shape index (κ1) is 18.6. The van der Waals surface area contributed by atoms with Crippen molar-refractivity contribution in [3.63, 3.8) is 0 Å². The third kappa shape index (κ3) is 6.70. The van der Waals surface area contributed by atoms with Gasteiger partial charge in [-0.1, -0.05) is 0 Å². The summed E-state index contributed by atoms with van der Waals surface area (Å²) in [7, 11) is 0. The average Bonchev–Trinajstić information content (AvgIpc) is 3.17. The summed E-state index contributed by atoms with van der Waals surface area (Å²) in [5.74, 6) is 0.484. The van der Waals surface area contributed by atoms with Gasteiger partial charge in [-0.2, -0.15) is 5.10 Å². The van der Waals surface area contributed by atoms with Gasteiger partial charge in [0.15, 0.2) is 0 Å². The molecule has 0 saturated carbocycles. The zero-order valence-corrected chi connectivity index (χ0v) is 14.7. The number of hydrogen-bond donors (Lipinski definition) is 3. The second kappa shape index (κ2) is 8.36. The van der Waals surface area contributed by atoms with Gasteiger partial charge in [0.1, 0.15) is 17.4 Å². The summed E-state index contributed by atoms with van der Waals surface area (Å²) in [6.07, 6.45) is 3.39. The molecule has 136 valence electrons. The molecule has 0 aliphatic carbocycles. The highest BCUT2D eigenvalue weighted by Gasteiger charge is 2.25. The molecule has 2 aromatic heterocycles. The van der Waals surface area contributed by atoms with E-state index in [9.17, 15) is 9.59 Å². The van der Waals surface area contributed by atoms with Gasteiger partial charge in [0, 0.05) is 31.3 Å². The molecule has 0 aromatic carbocycles. The van der Waals surface area contributed by atoms with Crippen molar-refractivity contribution in [2.75, 3.05) is 6.54 Å². The number of nitrogens with zero attached hydrogens (tertiary/aromatic N) is 1. The number of hydrogen-bond acceptors (Lipinski definition) is 5. The highest BCUT2D eigenvalue weighted by molar-refractivity contribution is 5.85. The molecule has 0 radical (unpaired) electrons. The lowest BCUT2D eigenvalue weighted by Gasteiger charge is -2.23. The minimum absolute atomic E-state index is 0.284. The molecule has 8 heteroatoms. The lowest BCUT2D eigenvalue weighted by Crippen LogP contribution is -2.49. The van der Waals surface area contributed by atoms with E-state index >= 15 is 0 Å². The van der Waals surface area contributed by atoms with Crippen LogP contribution in [-0.2, 0) is 22.4 Å². The van der Waals surface area contributed by atoms with Crippen LogP contribution in [0, 0.1) is 0 Å². The molecule has 2 rings (SSSR count). The predicted molar refractivity (Wildman–Crippen MR) is 90.9 cm³/mol. The van der Waals surface area contributed by atoms with Crippen molar-refractivity contribution < 1.29 is 18.7 Å². The number of aromatic amines is 1. The number of ether oxygens (including phenoxy) is 1. The Morgan fingerprint density at radius 2 is 2.16 bits per heavy atom. The Morgan fingerprint density at radius 3 is 2.76 bits per heavy atom. The maximum absolute atomic E-state index is 12.5. The Morgan fingerprint density at radius 1 is 1.36 bits per heavy atom. The van der Waals surface area contributed by atoms with Crippen molar-refractivity contribution in [1.82, 2.24) is 20.8 Å². The molecule has 1 atom stereocenters. The molecule has 1 unspecified atom stereocenters. The topological polar surface area (TPSA) is 109 Å². The molecule has 0 spiro atoms. The molecule has 0 fully saturated rings. The van der Waals surface area contributed by atoms with Gasteiger partial charge in [0.2, 0.25) is 5.91 Å². The van der Waals surface area contributed by atoms with E-state index in [1.165, 1.54) is 0 Å². The molecular weight excluding hydrogens is 324 g/mol. The van der Waals surface area contributed by atoms with Crippen LogP contribution < -0.4 is 10.6 Å². The first-order valence-corrected chi connectivity index (χ1v) is 8.11. The third-order valence-corrected chi connectivity index (χ3v) is 3.24. The Balaban J connectivity index is 1.92. The first-order valence-electron chi connectivity index (χ1n) is 8.11. The molecule has 3 N–H and O–H groups in total. The van der Waals surface area contributed by atoms with Gasteiger partial charge >= 0.3 is 6.09 Å². The number of furan rings is 1. The van der Waals surface area contributed by atoms with Crippen molar-refractivity contribution >= 4 is 12.0 Å². The Bertz CT molecular complexity index is 659. The van der Waals surface area contributed by atoms with Crippen molar-refractivity contribution in [3.05, 3.63) is 42.1 Å². The molecule has 0 aliphatic heterocycles. The quantitative estimate of drug-likeness (QED) is 0.707. The molecule has 2 heterocycles. The number of aromatic nitrogens is 2. The zero-order valence-electron chi connectivity index (χ0n) is 14.7. The SMILES string of the molecule is CC(C)(C)OC(=O)NC(Cc1ccn[nH]1)C(=O)NCCc1ccco1. The maximum atomic E-state index is 12.5. The zero-order chi connectivity index (χ0) is 18.3. The number of rotatable bonds is 7. The maximum Gasteiger partial charge on any atom is 0.408 e. The Hall–Kier alpha value is -2.77. The first-order chi connectivity index (χ1) is 11.8. The molecule has 2 amide bonds. The summed E-state index contributed by atoms with van der Waals surface area (Å²) in [5, 5.41) is 12.1. The molecule has 2 aromatic rings. The summed E-state index contributed by atoms with van der Waals surface area (Å²) in [6.45, 7) is 5.70. The van der Waals surface area contributed by atoms with E-state index in [1.807, 2.05) is 6.07 Å². The summed E-state index contributed by atoms with van der Waals surface area (Å²) in [5.41, 5.74) is 0.0977. The standard InChI is InChI=1S/C17H24N4O4/c1-17(2,3)25-16(23)20-14(11-12-6-9-19-21-12)15(22)18-8-7-13-5-4-10-24-13/h4-6,9-10,14H,7-8,11H2,1-3H3,(H,18,22)(H,19,21)(H,20,23). The fourth-order valence-corrected chi connectivity index (χ4v) is 2.16. The molecule has 0 saturated heterocycles. The van der Waals surface area contributed by atoms with Crippen LogP contribution in [0.25, 0.3) is 0 Å². The largest absolute Gasteiger partial charge is 0.469 e. The van der Waals surface area contributed by atoms with E-state index in [4.69, 9.17) is 9.15 Å². The average molecular weight is 348 g/mol. The van der Waals surface area contributed by atoms with Crippen LogP contribution >= 0.6 is 0 Å². The number of nitrogens with one attached hydrogen (secondary N) is 3. The molecule has 8 nitrogen and oxygen atoms in total. The summed E-state index contributed by atoms with van der Waals surface area (Å²) < 4.78 is 10.5. The van der Waals surface area contributed by atoms with Gasteiger partial charge in [0.05, 0.1) is 6.26 Å². The van der Waals surface area contributed by atoms with E-state index in [2.05, 4.69) is 20.8 Å². The minimum atomic E-state index is -0.771. The van der Waals surface area contributed by atoms with Gasteiger partial charge in [-0.05, 0) is 39.0 Å². The summed E-state index contributed by atoms with van der Waals surface area (Å²) >= 11 is 0. The second-order valence-electron chi connectivity index (χ2n) is 6.61. The van der Waals surface area contributed by atoms with Crippen molar-refractivity contribution in [1.29, 1.82) is 0 Å². The van der Waals surface area contributed by atoms with E-state index in [-0.39, 0.29) is 12.3 Å². The van der Waals surface area contributed by atoms with Crippen LogP contribution in [0.1, 0.15) is 32.2 Å². The number of carbonyl (C=O) groups excluding carboxylic acids is 2. The van der Waals surface area contributed by atoms with Gasteiger partial charge in [-0.3, -0.25) is 9.89 Å². The third-order valence-electron chi connectivity index (χ3n) is 3.24. The number of alkyl carbamates (subject to hydrolysis) is 1. The molecule has 0 aliphatic rings. The summed E-state index contributed by atoms with van der Waals surface area (Å²) in [4.78, 5) is 24.5. The molecule has 25 heavy (non-hydrogen) atoms. The number of carbonyl (C=O) groups is 2. The van der Waals surface area contributed by atoms with Gasteiger partial charge in [-0.15, -0.1) is 0 Å². The van der Waals surface area contributed by atoms with Crippen molar-refractivity contribution in [3.8, 4) is 0 Å². The van der Waals surface area contributed by atoms with E-state index in [0.717, 1.165) is 11.5 Å². The Kier molecular flexibility index (Phi) is 6.21. The smallest absolute Gasteiger partial charge is 0.408 e. The lowest BCUT2D eigenvalue weighted by atomic mass is 10.1. The van der Waals surface area contributed by atoms with E-state index in [0.29, 0.717) is 13.0 Å². The van der Waals surface area contributed by atoms with Crippen LogP contribution in [0.5, 0.6) is 0 Å².